The molecule has 5 aliphatic rings. The molecular weight excluding hydrogens is 707 g/mol. The number of ether oxygens (including phenoxy) is 2. The Morgan fingerprint density at radius 1 is 0.714 bits per heavy atom. The van der Waals surface area contributed by atoms with Crippen molar-refractivity contribution in [2.24, 2.45) is 28.7 Å². The van der Waals surface area contributed by atoms with E-state index in [2.05, 4.69) is 53.5 Å². The molecule has 2 amide bonds. The number of esters is 2. The molecule has 0 spiro atoms. The fourth-order valence-corrected chi connectivity index (χ4v) is 9.37. The van der Waals surface area contributed by atoms with Gasteiger partial charge in [-0.05, 0) is 121 Å². The van der Waals surface area contributed by atoms with Gasteiger partial charge in [-0.1, -0.05) is 30.3 Å². The normalized spacial score (nSPS) is 22.0. The second-order valence-electron chi connectivity index (χ2n) is 16.4. The lowest BCUT2D eigenvalue weighted by Gasteiger charge is -2.29. The number of imidazole rings is 1. The first-order valence-electron chi connectivity index (χ1n) is 20.3. The number of carbonyl (C=O) groups excluding carboxylic acids is 4. The van der Waals surface area contributed by atoms with E-state index in [0.29, 0.717) is 19.5 Å². The molecule has 0 bridgehead atoms. The van der Waals surface area contributed by atoms with Crippen molar-refractivity contribution in [3.05, 3.63) is 72.2 Å². The van der Waals surface area contributed by atoms with Crippen LogP contribution in [0.4, 0.5) is 0 Å². The summed E-state index contributed by atoms with van der Waals surface area (Å²) in [6.45, 7) is 1.37. The average Bonchev–Trinajstić information content (AvgIpc) is 3.97. The molecule has 3 aromatic carbocycles. The Morgan fingerprint density at radius 2 is 1.27 bits per heavy atom. The zero-order chi connectivity index (χ0) is 38.5. The number of allylic oxidation sites excluding steroid dienone is 1. The minimum Gasteiger partial charge on any atom is -0.469 e. The monoisotopic (exact) mass is 755 g/mol. The largest absolute Gasteiger partial charge is 0.469 e. The molecule has 2 aliphatic carbocycles. The number of rotatable bonds is 12. The third kappa shape index (κ3) is 7.12. The van der Waals surface area contributed by atoms with Crippen LogP contribution in [-0.4, -0.2) is 82.6 Å². The second kappa shape index (κ2) is 15.0. The average molecular weight is 756 g/mol. The maximum atomic E-state index is 13.7. The maximum absolute atomic E-state index is 13.7. The highest BCUT2D eigenvalue weighted by Gasteiger charge is 2.45. The van der Waals surface area contributed by atoms with Crippen molar-refractivity contribution in [2.75, 3.05) is 27.3 Å². The van der Waals surface area contributed by atoms with Crippen molar-refractivity contribution < 1.29 is 28.7 Å². The van der Waals surface area contributed by atoms with E-state index in [4.69, 9.17) is 19.5 Å². The molecule has 56 heavy (non-hydrogen) atoms. The number of aliphatic imine (C=N–C) groups is 1. The summed E-state index contributed by atoms with van der Waals surface area (Å²) in [5.74, 6) is 0.182. The highest BCUT2D eigenvalue weighted by Crippen LogP contribution is 2.43. The van der Waals surface area contributed by atoms with Crippen LogP contribution in [0.3, 0.4) is 0 Å². The minimum atomic E-state index is -0.329. The van der Waals surface area contributed by atoms with Gasteiger partial charge in [0.05, 0.1) is 62.0 Å². The van der Waals surface area contributed by atoms with E-state index in [1.807, 2.05) is 22.1 Å². The number of amides is 2. The number of nitrogens with zero attached hydrogens (tertiary/aromatic N) is 4. The summed E-state index contributed by atoms with van der Waals surface area (Å²) in [5.41, 5.74) is 7.27. The van der Waals surface area contributed by atoms with E-state index >= 15 is 0 Å². The van der Waals surface area contributed by atoms with Crippen LogP contribution in [0.2, 0.25) is 0 Å². The highest BCUT2D eigenvalue weighted by atomic mass is 16.5. The van der Waals surface area contributed by atoms with Crippen molar-refractivity contribution >= 4 is 56.8 Å². The summed E-state index contributed by atoms with van der Waals surface area (Å²) >= 11 is 0. The van der Waals surface area contributed by atoms with E-state index < -0.39 is 0 Å². The van der Waals surface area contributed by atoms with Crippen molar-refractivity contribution in [3.63, 3.8) is 0 Å². The smallest absolute Gasteiger partial charge is 0.306 e. The number of aromatic amines is 1. The number of likely N-dealkylation sites (tertiary alicyclic amines) is 2. The molecule has 4 fully saturated rings. The second-order valence-corrected chi connectivity index (χ2v) is 16.4. The Kier molecular flexibility index (Phi) is 9.71. The molecule has 1 N–H and O–H groups in total. The molecule has 0 radical (unpaired) electrons. The van der Waals surface area contributed by atoms with Crippen LogP contribution in [-0.2, 0) is 28.7 Å². The van der Waals surface area contributed by atoms with Gasteiger partial charge in [0, 0.05) is 31.4 Å². The molecule has 1 aromatic heterocycles. The Balaban J connectivity index is 0.877. The molecule has 2 saturated heterocycles. The summed E-state index contributed by atoms with van der Waals surface area (Å²) in [6.07, 6.45) is 10.5. The number of benzene rings is 3. The molecule has 11 nitrogen and oxygen atoms in total. The number of aromatic nitrogens is 2. The van der Waals surface area contributed by atoms with Crippen LogP contribution in [0.5, 0.6) is 0 Å². The van der Waals surface area contributed by atoms with Gasteiger partial charge in [0.15, 0.2) is 0 Å². The number of fused-ring (bicyclic) bond motifs is 2. The van der Waals surface area contributed by atoms with Crippen LogP contribution < -0.4 is 0 Å². The fourth-order valence-electron chi connectivity index (χ4n) is 9.37. The van der Waals surface area contributed by atoms with Crippen molar-refractivity contribution in [2.45, 2.75) is 82.7 Å². The minimum absolute atomic E-state index is 0.0289. The molecule has 2 saturated carbocycles. The lowest BCUT2D eigenvalue weighted by Crippen LogP contribution is -2.44. The van der Waals surface area contributed by atoms with Gasteiger partial charge in [-0.3, -0.25) is 24.2 Å². The lowest BCUT2D eigenvalue weighted by atomic mass is 9.94. The SMILES string of the molecule is COC(=O)C[C@H](C(=O)N1CCCC1C1=NC=C(c2ccc3cc(-c4ccc5nc([C@@H]6CCCN6C(=O)[C@@H](CC(=O)OC)C6CC6)[nH]c5c4)ccc3c2)C1)C1CC1. The molecular formula is C45H49N5O6. The third-order valence-corrected chi connectivity index (χ3v) is 12.8. The molecule has 4 heterocycles. The summed E-state index contributed by atoms with van der Waals surface area (Å²) in [6, 6.07) is 19.2. The third-order valence-electron chi connectivity index (χ3n) is 12.8. The fraction of sp³-hybridized carbons (Fsp3) is 0.467. The van der Waals surface area contributed by atoms with Gasteiger partial charge in [-0.25, -0.2) is 4.98 Å². The molecule has 4 atom stereocenters. The number of hydrogen-bond donors (Lipinski definition) is 1. The number of carbonyl (C=O) groups is 4. The van der Waals surface area contributed by atoms with Crippen molar-refractivity contribution in [1.29, 1.82) is 0 Å². The number of nitrogens with one attached hydrogen (secondary N) is 1. The van der Waals surface area contributed by atoms with Crippen LogP contribution >= 0.6 is 0 Å². The van der Waals surface area contributed by atoms with Crippen LogP contribution in [0.1, 0.15) is 88.1 Å². The first-order valence-corrected chi connectivity index (χ1v) is 20.3. The topological polar surface area (TPSA) is 134 Å². The zero-order valence-corrected chi connectivity index (χ0v) is 32.2. The quantitative estimate of drug-likeness (QED) is 0.149. The Labute approximate surface area is 326 Å². The molecule has 9 rings (SSSR count). The van der Waals surface area contributed by atoms with Gasteiger partial charge < -0.3 is 24.3 Å². The standard InChI is InChI=1S/C45H49N5O6/c1-55-41(51)23-34(26-7-8-26)44(53)49-17-3-5-39(49)38-22-33(25-46-38)31-14-13-28-19-30(12-11-29(28)20-31)32-15-16-36-37(21-32)48-43(47-36)40-6-4-18-50(40)45(54)35(27-9-10-27)24-42(52)56-2/h11-16,19-21,25-27,34-35,39-40H,3-10,17-18,22-24H2,1-2H3,(H,47,48)/t34-,35-,39?,40-/m0/s1. The Bertz CT molecular complexity index is 2280. The van der Waals surface area contributed by atoms with Crippen LogP contribution in [0, 0.1) is 23.7 Å². The summed E-state index contributed by atoms with van der Waals surface area (Å²) in [5, 5.41) is 2.28. The summed E-state index contributed by atoms with van der Waals surface area (Å²) < 4.78 is 9.84. The van der Waals surface area contributed by atoms with Gasteiger partial charge >= 0.3 is 11.9 Å². The summed E-state index contributed by atoms with van der Waals surface area (Å²) in [4.78, 5) is 69.0. The molecule has 290 valence electrons. The maximum Gasteiger partial charge on any atom is 0.306 e. The first-order chi connectivity index (χ1) is 27.3. The number of H-pyrrole nitrogens is 1. The van der Waals surface area contributed by atoms with E-state index in [1.165, 1.54) is 14.2 Å². The van der Waals surface area contributed by atoms with Gasteiger partial charge in [-0.2, -0.15) is 0 Å². The number of methoxy groups -OCH3 is 2. The van der Waals surface area contributed by atoms with Gasteiger partial charge in [-0.15, -0.1) is 0 Å². The molecule has 4 aromatic rings. The predicted molar refractivity (Wildman–Crippen MR) is 213 cm³/mol. The highest BCUT2D eigenvalue weighted by molar-refractivity contribution is 6.04. The van der Waals surface area contributed by atoms with Crippen LogP contribution in [0.25, 0.3) is 38.5 Å². The number of hydrogen-bond acceptors (Lipinski definition) is 8. The van der Waals surface area contributed by atoms with Gasteiger partial charge in [0.1, 0.15) is 5.82 Å². The predicted octanol–water partition coefficient (Wildman–Crippen LogP) is 7.40. The van der Waals surface area contributed by atoms with Gasteiger partial charge in [0.2, 0.25) is 11.8 Å². The van der Waals surface area contributed by atoms with Crippen molar-refractivity contribution in [1.82, 2.24) is 19.8 Å². The Morgan fingerprint density at radius 3 is 1.89 bits per heavy atom. The summed E-state index contributed by atoms with van der Waals surface area (Å²) in [7, 11) is 2.77. The van der Waals surface area contributed by atoms with E-state index in [1.54, 1.807) is 0 Å². The van der Waals surface area contributed by atoms with Crippen molar-refractivity contribution in [3.8, 4) is 11.1 Å². The lowest BCUT2D eigenvalue weighted by molar-refractivity contribution is -0.148. The molecule has 1 unspecified atom stereocenters. The van der Waals surface area contributed by atoms with E-state index in [9.17, 15) is 19.2 Å². The van der Waals surface area contributed by atoms with Crippen LogP contribution in [0.15, 0.2) is 65.8 Å². The van der Waals surface area contributed by atoms with Gasteiger partial charge in [0.25, 0.3) is 0 Å². The molecule has 3 aliphatic heterocycles. The van der Waals surface area contributed by atoms with E-state index in [0.717, 1.165) is 107 Å². The molecule has 11 heteroatoms. The Hall–Kier alpha value is -5.32. The first kappa shape index (κ1) is 36.3. The van der Waals surface area contributed by atoms with E-state index in [-0.39, 0.29) is 72.3 Å². The zero-order valence-electron chi connectivity index (χ0n) is 32.2.